The van der Waals surface area contributed by atoms with Gasteiger partial charge in [-0.15, -0.1) is 0 Å². The van der Waals surface area contributed by atoms with Crippen molar-refractivity contribution in [1.82, 2.24) is 0 Å². The summed E-state index contributed by atoms with van der Waals surface area (Å²) >= 11 is 1.75. The van der Waals surface area contributed by atoms with Crippen LogP contribution in [0.5, 0.6) is 0 Å². The largest absolute Gasteiger partial charge is 0.330 e. The lowest BCUT2D eigenvalue weighted by molar-refractivity contribution is 0.220. The summed E-state index contributed by atoms with van der Waals surface area (Å²) in [5.74, 6) is 1.00. The number of hydrogen-bond donors (Lipinski definition) is 0. The third-order valence-electron chi connectivity index (χ3n) is 1.43. The van der Waals surface area contributed by atoms with Crippen molar-refractivity contribution in [2.24, 2.45) is 0 Å². The molecule has 0 radical (unpaired) electrons. The molecule has 5 heteroatoms. The molecule has 0 heterocycles. The Bertz CT molecular complexity index is 153. The lowest BCUT2D eigenvalue weighted by atomic mass is 10.6. The average Bonchev–Trinajstić information content (AvgIpc) is 2.05. The van der Waals surface area contributed by atoms with Crippen molar-refractivity contribution in [3.63, 3.8) is 0 Å². The van der Waals surface area contributed by atoms with E-state index in [2.05, 4.69) is 0 Å². The first kappa shape index (κ1) is 13.5. The van der Waals surface area contributed by atoms with Crippen molar-refractivity contribution >= 4 is 19.4 Å². The van der Waals surface area contributed by atoms with E-state index in [4.69, 9.17) is 9.05 Å². The smallest absolute Gasteiger partial charge is 0.309 e. The normalized spacial score (nSPS) is 11.9. The lowest BCUT2D eigenvalue weighted by Crippen LogP contribution is -2.00. The predicted octanol–water partition coefficient (Wildman–Crippen LogP) is 3.01. The molecule has 13 heavy (non-hydrogen) atoms. The van der Waals surface area contributed by atoms with Gasteiger partial charge in [0.25, 0.3) is 0 Å². The minimum atomic E-state index is -2.76. The van der Waals surface area contributed by atoms with E-state index in [-0.39, 0.29) is 0 Å². The number of thioether (sulfide) groups is 1. The highest BCUT2D eigenvalue weighted by Gasteiger charge is 2.22. The van der Waals surface area contributed by atoms with Crippen molar-refractivity contribution in [2.45, 2.75) is 20.3 Å². The third kappa shape index (κ3) is 6.55. The molecular weight excluding hydrogens is 207 g/mol. The van der Waals surface area contributed by atoms with Crippen LogP contribution in [-0.4, -0.2) is 31.4 Å². The van der Waals surface area contributed by atoms with Crippen molar-refractivity contribution in [2.75, 3.05) is 31.4 Å². The molecule has 0 aliphatic rings. The second-order valence-electron chi connectivity index (χ2n) is 2.52. The summed E-state index contributed by atoms with van der Waals surface area (Å²) in [7, 11) is -2.76. The van der Waals surface area contributed by atoms with Gasteiger partial charge < -0.3 is 9.05 Å². The Balaban J connectivity index is 3.85. The summed E-state index contributed by atoms with van der Waals surface area (Å²) < 4.78 is 22.1. The molecule has 0 saturated carbocycles. The van der Waals surface area contributed by atoms with Crippen LogP contribution in [0.2, 0.25) is 0 Å². The van der Waals surface area contributed by atoms with Gasteiger partial charge >= 0.3 is 7.60 Å². The van der Waals surface area contributed by atoms with E-state index >= 15 is 0 Å². The van der Waals surface area contributed by atoms with E-state index in [9.17, 15) is 4.57 Å². The summed E-state index contributed by atoms with van der Waals surface area (Å²) in [5, 5.41) is 0. The van der Waals surface area contributed by atoms with Gasteiger partial charge in [0, 0.05) is 0 Å². The molecule has 0 rings (SSSR count). The molecule has 0 bridgehead atoms. The van der Waals surface area contributed by atoms with E-state index in [0.29, 0.717) is 19.4 Å². The molecule has 0 aliphatic carbocycles. The van der Waals surface area contributed by atoms with E-state index in [0.717, 1.165) is 12.2 Å². The van der Waals surface area contributed by atoms with E-state index in [1.807, 2.05) is 20.1 Å². The van der Waals surface area contributed by atoms with Crippen molar-refractivity contribution in [3.8, 4) is 0 Å². The second-order valence-corrected chi connectivity index (χ2v) is 5.69. The van der Waals surface area contributed by atoms with Gasteiger partial charge in [0.2, 0.25) is 0 Å². The molecule has 0 spiro atoms. The van der Waals surface area contributed by atoms with Gasteiger partial charge in [0.15, 0.2) is 0 Å². The number of rotatable bonds is 8. The highest BCUT2D eigenvalue weighted by molar-refractivity contribution is 7.98. The fraction of sp³-hybridized carbons (Fsp3) is 1.00. The molecule has 0 fully saturated rings. The molecule has 0 saturated heterocycles. The van der Waals surface area contributed by atoms with Crippen LogP contribution in [0.4, 0.5) is 0 Å². The Morgan fingerprint density at radius 1 is 1.23 bits per heavy atom. The van der Waals surface area contributed by atoms with Crippen LogP contribution in [0, 0.1) is 0 Å². The molecule has 0 aromatic heterocycles. The van der Waals surface area contributed by atoms with Gasteiger partial charge in [0.1, 0.15) is 0 Å². The first-order chi connectivity index (χ1) is 6.18. The van der Waals surface area contributed by atoms with E-state index in [1.165, 1.54) is 0 Å². The lowest BCUT2D eigenvalue weighted by Gasteiger charge is -2.16. The Morgan fingerprint density at radius 3 is 2.15 bits per heavy atom. The maximum atomic E-state index is 11.8. The van der Waals surface area contributed by atoms with Gasteiger partial charge in [-0.05, 0) is 32.3 Å². The minimum Gasteiger partial charge on any atom is -0.309 e. The van der Waals surface area contributed by atoms with E-state index < -0.39 is 7.60 Å². The fourth-order valence-corrected chi connectivity index (χ4v) is 3.27. The molecule has 0 amide bonds. The molecule has 0 aliphatic heterocycles. The van der Waals surface area contributed by atoms with E-state index in [1.54, 1.807) is 11.8 Å². The minimum absolute atomic E-state index is 0.455. The Labute approximate surface area is 85.1 Å². The van der Waals surface area contributed by atoms with Crippen LogP contribution >= 0.6 is 19.4 Å². The Morgan fingerprint density at radius 2 is 1.77 bits per heavy atom. The summed E-state index contributed by atoms with van der Waals surface area (Å²) in [4.78, 5) is 0. The molecule has 0 aromatic rings. The predicted molar refractivity (Wildman–Crippen MR) is 58.7 cm³/mol. The average molecular weight is 226 g/mol. The third-order valence-corrected chi connectivity index (χ3v) is 4.30. The summed E-state index contributed by atoms with van der Waals surface area (Å²) in [6.07, 6.45) is 3.46. The maximum Gasteiger partial charge on any atom is 0.330 e. The van der Waals surface area contributed by atoms with Gasteiger partial charge in [-0.25, -0.2) is 0 Å². The quantitative estimate of drug-likeness (QED) is 0.471. The van der Waals surface area contributed by atoms with Crippen LogP contribution in [0.25, 0.3) is 0 Å². The molecule has 0 atom stereocenters. The first-order valence-corrected chi connectivity index (χ1v) is 7.67. The SMILES string of the molecule is CCOP(=O)(CCCSC)OCC. The van der Waals surface area contributed by atoms with Crippen LogP contribution in [-0.2, 0) is 13.6 Å². The van der Waals surface area contributed by atoms with Gasteiger partial charge in [-0.1, -0.05) is 0 Å². The van der Waals surface area contributed by atoms with Crippen LogP contribution < -0.4 is 0 Å². The van der Waals surface area contributed by atoms with Crippen LogP contribution in [0.3, 0.4) is 0 Å². The molecule has 0 aromatic carbocycles. The number of hydrogen-bond acceptors (Lipinski definition) is 4. The highest BCUT2D eigenvalue weighted by atomic mass is 32.2. The molecule has 3 nitrogen and oxygen atoms in total. The topological polar surface area (TPSA) is 35.5 Å². The Kier molecular flexibility index (Phi) is 8.17. The highest BCUT2D eigenvalue weighted by Crippen LogP contribution is 2.48. The monoisotopic (exact) mass is 226 g/mol. The molecular formula is C8H19O3PS. The molecule has 0 N–H and O–H groups in total. The van der Waals surface area contributed by atoms with Gasteiger partial charge in [-0.3, -0.25) is 4.57 Å². The van der Waals surface area contributed by atoms with Crippen LogP contribution in [0.1, 0.15) is 20.3 Å². The zero-order valence-electron chi connectivity index (χ0n) is 8.62. The van der Waals surface area contributed by atoms with Crippen molar-refractivity contribution in [1.29, 1.82) is 0 Å². The molecule has 0 unspecified atom stereocenters. The van der Waals surface area contributed by atoms with Gasteiger partial charge in [-0.2, -0.15) is 11.8 Å². The summed E-state index contributed by atoms with van der Waals surface area (Å²) in [6, 6.07) is 0. The second kappa shape index (κ2) is 7.86. The van der Waals surface area contributed by atoms with Gasteiger partial charge in [0.05, 0.1) is 19.4 Å². The fourth-order valence-electron chi connectivity index (χ4n) is 0.962. The first-order valence-electron chi connectivity index (χ1n) is 4.55. The zero-order chi connectivity index (χ0) is 10.2. The van der Waals surface area contributed by atoms with Crippen LogP contribution in [0.15, 0.2) is 0 Å². The molecule has 80 valence electrons. The zero-order valence-corrected chi connectivity index (χ0v) is 10.3. The Hall–Kier alpha value is 0.500. The van der Waals surface area contributed by atoms with Crippen molar-refractivity contribution < 1.29 is 13.6 Å². The standard InChI is InChI=1S/C8H19O3PS/c1-4-10-12(9,11-5-2)7-6-8-13-3/h4-8H2,1-3H3. The van der Waals surface area contributed by atoms with Crippen molar-refractivity contribution in [3.05, 3.63) is 0 Å². The maximum absolute atomic E-state index is 11.8. The summed E-state index contributed by atoms with van der Waals surface area (Å²) in [6.45, 7) is 4.58. The summed E-state index contributed by atoms with van der Waals surface area (Å²) in [5.41, 5.74) is 0.